The lowest BCUT2D eigenvalue weighted by molar-refractivity contribution is 0.0576. The average molecular weight is 301 g/mol. The summed E-state index contributed by atoms with van der Waals surface area (Å²) < 4.78 is 29.8. The van der Waals surface area contributed by atoms with Crippen LogP contribution in [-0.2, 0) is 10.0 Å². The third-order valence-electron chi connectivity index (χ3n) is 3.31. The van der Waals surface area contributed by atoms with Crippen molar-refractivity contribution < 1.29 is 17.7 Å². The Morgan fingerprint density at radius 2 is 2.30 bits per heavy atom. The van der Waals surface area contributed by atoms with Crippen LogP contribution in [0.4, 0.5) is 0 Å². The van der Waals surface area contributed by atoms with Crippen LogP contribution in [0.3, 0.4) is 0 Å². The summed E-state index contributed by atoms with van der Waals surface area (Å²) in [5, 5.41) is 3.71. The van der Waals surface area contributed by atoms with Crippen LogP contribution >= 0.6 is 0 Å². The van der Waals surface area contributed by atoms with Crippen LogP contribution in [0.25, 0.3) is 0 Å². The highest BCUT2D eigenvalue weighted by Gasteiger charge is 2.29. The molecule has 7 nitrogen and oxygen atoms in total. The second-order valence-corrected chi connectivity index (χ2v) is 6.93. The van der Waals surface area contributed by atoms with Crippen molar-refractivity contribution in [2.24, 2.45) is 0 Å². The summed E-state index contributed by atoms with van der Waals surface area (Å²) in [5.41, 5.74) is 0.649. The molecule has 2 rings (SSSR count). The van der Waals surface area contributed by atoms with Crippen LogP contribution in [0.5, 0.6) is 0 Å². The second kappa shape index (κ2) is 5.92. The van der Waals surface area contributed by atoms with E-state index in [1.807, 2.05) is 0 Å². The Labute approximate surface area is 118 Å². The number of nitrogens with zero attached hydrogens (tertiary/aromatic N) is 2. The normalized spacial score (nSPS) is 20.1. The number of sulfonamides is 1. The van der Waals surface area contributed by atoms with Crippen molar-refractivity contribution in [3.05, 3.63) is 17.5 Å². The van der Waals surface area contributed by atoms with Gasteiger partial charge in [0.2, 0.25) is 15.8 Å². The van der Waals surface area contributed by atoms with E-state index >= 15 is 0 Å². The number of hydrogen-bond donors (Lipinski definition) is 1. The zero-order valence-electron chi connectivity index (χ0n) is 11.6. The third-order valence-corrected chi connectivity index (χ3v) is 4.00. The molecule has 1 aromatic heterocycles. The molecule has 1 aliphatic heterocycles. The monoisotopic (exact) mass is 301 g/mol. The Balaban J connectivity index is 2.08. The van der Waals surface area contributed by atoms with E-state index < -0.39 is 10.0 Å². The lowest BCUT2D eigenvalue weighted by atomic mass is 10.0. The lowest BCUT2D eigenvalue weighted by Gasteiger charge is -2.35. The summed E-state index contributed by atoms with van der Waals surface area (Å²) in [6.07, 6.45) is 3.78. The van der Waals surface area contributed by atoms with Gasteiger partial charge in [-0.3, -0.25) is 4.79 Å². The molecule has 0 bridgehead atoms. The van der Waals surface area contributed by atoms with Crippen molar-refractivity contribution in [3.8, 4) is 0 Å². The molecule has 1 N–H and O–H groups in total. The molecule has 1 saturated heterocycles. The van der Waals surface area contributed by atoms with Crippen molar-refractivity contribution >= 4 is 15.9 Å². The largest absolute Gasteiger partial charge is 0.351 e. The lowest BCUT2D eigenvalue weighted by Crippen LogP contribution is -2.49. The number of amides is 1. The van der Waals surface area contributed by atoms with E-state index in [1.165, 1.54) is 0 Å². The molecule has 112 valence electrons. The van der Waals surface area contributed by atoms with Gasteiger partial charge in [0.25, 0.3) is 5.91 Å². The Hall–Kier alpha value is -1.41. The molecule has 20 heavy (non-hydrogen) atoms. The molecule has 0 spiro atoms. The van der Waals surface area contributed by atoms with E-state index in [0.29, 0.717) is 12.2 Å². The van der Waals surface area contributed by atoms with Gasteiger partial charge in [0.15, 0.2) is 0 Å². The fraction of sp³-hybridized carbons (Fsp3) is 0.667. The fourth-order valence-corrected chi connectivity index (χ4v) is 2.83. The first kappa shape index (κ1) is 15.0. The highest BCUT2D eigenvalue weighted by atomic mass is 32.2. The number of likely N-dealkylation sites (tertiary alicyclic amines) is 1. The molecule has 0 aromatic carbocycles. The van der Waals surface area contributed by atoms with Gasteiger partial charge in [0.05, 0.1) is 11.9 Å². The number of aryl methyl sites for hydroxylation is 1. The van der Waals surface area contributed by atoms with Crippen LogP contribution in [0.1, 0.15) is 35.5 Å². The minimum Gasteiger partial charge on any atom is -0.351 e. The molecule has 1 aromatic rings. The summed E-state index contributed by atoms with van der Waals surface area (Å²) >= 11 is 0. The van der Waals surface area contributed by atoms with Gasteiger partial charge in [-0.15, -0.1) is 0 Å². The Morgan fingerprint density at radius 1 is 1.55 bits per heavy atom. The van der Waals surface area contributed by atoms with Gasteiger partial charge >= 0.3 is 0 Å². The summed E-state index contributed by atoms with van der Waals surface area (Å²) in [6, 6.07) is 1.45. The molecule has 0 aliphatic carbocycles. The molecular weight excluding hydrogens is 282 g/mol. The molecule has 0 saturated carbocycles. The van der Waals surface area contributed by atoms with Gasteiger partial charge in [-0.1, -0.05) is 5.16 Å². The maximum Gasteiger partial charge on any atom is 0.292 e. The van der Waals surface area contributed by atoms with Crippen LogP contribution in [0, 0.1) is 6.92 Å². The van der Waals surface area contributed by atoms with Crippen molar-refractivity contribution in [1.29, 1.82) is 0 Å². The van der Waals surface area contributed by atoms with E-state index in [4.69, 9.17) is 4.52 Å². The molecule has 0 radical (unpaired) electrons. The Kier molecular flexibility index (Phi) is 4.44. The number of hydrogen-bond acceptors (Lipinski definition) is 5. The predicted octanol–water partition coefficient (Wildman–Crippen LogP) is 0.527. The standard InChI is InChI=1S/C12H19N3O4S/c1-9-7-11(19-14-9)12(16)15-6-4-3-5-10(15)8-13-20(2,17)18/h7,10,13H,3-6,8H2,1-2H3/t10-/m1/s1. The van der Waals surface area contributed by atoms with Crippen LogP contribution in [0.15, 0.2) is 10.6 Å². The number of nitrogens with one attached hydrogen (secondary N) is 1. The van der Waals surface area contributed by atoms with E-state index in [1.54, 1.807) is 17.9 Å². The third kappa shape index (κ3) is 3.80. The van der Waals surface area contributed by atoms with Crippen molar-refractivity contribution in [3.63, 3.8) is 0 Å². The summed E-state index contributed by atoms with van der Waals surface area (Å²) in [4.78, 5) is 14.0. The number of aromatic nitrogens is 1. The molecule has 0 unspecified atom stereocenters. The average Bonchev–Trinajstić information content (AvgIpc) is 2.82. The number of carbonyl (C=O) groups is 1. The van der Waals surface area contributed by atoms with Crippen LogP contribution in [0.2, 0.25) is 0 Å². The first-order valence-corrected chi connectivity index (χ1v) is 8.45. The van der Waals surface area contributed by atoms with Gasteiger partial charge in [-0.05, 0) is 26.2 Å². The molecule has 1 fully saturated rings. The van der Waals surface area contributed by atoms with E-state index in [9.17, 15) is 13.2 Å². The first-order chi connectivity index (χ1) is 9.37. The van der Waals surface area contributed by atoms with E-state index in [0.717, 1.165) is 25.5 Å². The number of piperidine rings is 1. The van der Waals surface area contributed by atoms with Crippen LogP contribution < -0.4 is 4.72 Å². The van der Waals surface area contributed by atoms with Gasteiger partial charge in [0, 0.05) is 25.2 Å². The number of rotatable bonds is 4. The molecule has 1 aliphatic rings. The van der Waals surface area contributed by atoms with Gasteiger partial charge in [-0.25, -0.2) is 13.1 Å². The molecule has 1 atom stereocenters. The summed E-state index contributed by atoms with van der Waals surface area (Å²) in [5.74, 6) is -0.0284. The van der Waals surface area contributed by atoms with Crippen molar-refractivity contribution in [1.82, 2.24) is 14.8 Å². The summed E-state index contributed by atoms with van der Waals surface area (Å²) in [7, 11) is -3.26. The minimum atomic E-state index is -3.26. The van der Waals surface area contributed by atoms with E-state index in [-0.39, 0.29) is 24.3 Å². The molecule has 2 heterocycles. The SMILES string of the molecule is Cc1cc(C(=O)N2CCCC[C@@H]2CNS(C)(=O)=O)on1. The second-order valence-electron chi connectivity index (χ2n) is 5.10. The quantitative estimate of drug-likeness (QED) is 0.875. The maximum absolute atomic E-state index is 12.4. The van der Waals surface area contributed by atoms with Gasteiger partial charge in [-0.2, -0.15) is 0 Å². The highest BCUT2D eigenvalue weighted by Crippen LogP contribution is 2.19. The van der Waals surface area contributed by atoms with Crippen LogP contribution in [-0.4, -0.2) is 49.8 Å². The Morgan fingerprint density at radius 3 is 2.90 bits per heavy atom. The smallest absolute Gasteiger partial charge is 0.292 e. The first-order valence-electron chi connectivity index (χ1n) is 6.56. The van der Waals surface area contributed by atoms with Gasteiger partial charge < -0.3 is 9.42 Å². The molecule has 8 heteroatoms. The molecular formula is C12H19N3O4S. The zero-order valence-corrected chi connectivity index (χ0v) is 12.4. The topological polar surface area (TPSA) is 92.5 Å². The van der Waals surface area contributed by atoms with Crippen molar-refractivity contribution in [2.75, 3.05) is 19.3 Å². The minimum absolute atomic E-state index is 0.142. The summed E-state index contributed by atoms with van der Waals surface area (Å²) in [6.45, 7) is 2.59. The molecule has 1 amide bonds. The highest BCUT2D eigenvalue weighted by molar-refractivity contribution is 7.88. The van der Waals surface area contributed by atoms with Gasteiger partial charge in [0.1, 0.15) is 0 Å². The Bertz CT molecular complexity index is 581. The van der Waals surface area contributed by atoms with Crippen molar-refractivity contribution in [2.45, 2.75) is 32.2 Å². The zero-order chi connectivity index (χ0) is 14.8. The number of carbonyl (C=O) groups excluding carboxylic acids is 1. The fourth-order valence-electron chi connectivity index (χ4n) is 2.33. The predicted molar refractivity (Wildman–Crippen MR) is 72.8 cm³/mol. The van der Waals surface area contributed by atoms with E-state index in [2.05, 4.69) is 9.88 Å². The maximum atomic E-state index is 12.4.